The molecule has 4 rings (SSSR count). The molecule has 0 bridgehead atoms. The van der Waals surface area contributed by atoms with E-state index in [1.165, 1.54) is 36.5 Å². The van der Waals surface area contributed by atoms with Crippen molar-refractivity contribution in [3.05, 3.63) is 89.4 Å². The molecule has 38 heavy (non-hydrogen) atoms. The number of hydrogen-bond donors (Lipinski definition) is 2. The first kappa shape index (κ1) is 26.7. The largest absolute Gasteiger partial charge is 0.491 e. The summed E-state index contributed by atoms with van der Waals surface area (Å²) in [5.41, 5.74) is -0.479. The summed E-state index contributed by atoms with van der Waals surface area (Å²) in [6, 6.07) is 12.3. The number of aromatic amines is 1. The lowest BCUT2D eigenvalue weighted by Gasteiger charge is -2.16. The van der Waals surface area contributed by atoms with Crippen molar-refractivity contribution in [1.82, 2.24) is 20.2 Å². The summed E-state index contributed by atoms with van der Waals surface area (Å²) < 4.78 is 65.8. The third-order valence-electron chi connectivity index (χ3n) is 5.37. The fourth-order valence-corrected chi connectivity index (χ4v) is 3.60. The maximum Gasteiger partial charge on any atom is 0.417 e. The van der Waals surface area contributed by atoms with Crippen LogP contribution in [0.1, 0.15) is 34.5 Å². The number of nitrogens with zero attached hydrogens (tertiary/aromatic N) is 3. The number of pyridine rings is 1. The van der Waals surface area contributed by atoms with Gasteiger partial charge in [0.2, 0.25) is 5.82 Å². The fraction of sp³-hybridized carbons (Fsp3) is 0.231. The quantitative estimate of drug-likeness (QED) is 0.214. The summed E-state index contributed by atoms with van der Waals surface area (Å²) in [5.74, 6) is -0.805. The Morgan fingerprint density at radius 1 is 1.05 bits per heavy atom. The highest BCUT2D eigenvalue weighted by molar-refractivity contribution is 6.01. The maximum atomic E-state index is 13.9. The fourth-order valence-electron chi connectivity index (χ4n) is 3.60. The molecule has 12 heteroatoms. The van der Waals surface area contributed by atoms with E-state index in [-0.39, 0.29) is 47.4 Å². The van der Waals surface area contributed by atoms with Gasteiger partial charge in [0.1, 0.15) is 29.8 Å². The van der Waals surface area contributed by atoms with Gasteiger partial charge in [0.25, 0.3) is 5.91 Å². The van der Waals surface area contributed by atoms with Gasteiger partial charge in [-0.05, 0) is 60.0 Å². The number of ether oxygens (including phenoxy) is 2. The summed E-state index contributed by atoms with van der Waals surface area (Å²) >= 11 is 0. The molecule has 0 atom stereocenters. The molecule has 2 N–H and O–H groups in total. The van der Waals surface area contributed by atoms with Crippen molar-refractivity contribution in [1.29, 1.82) is 0 Å². The first-order chi connectivity index (χ1) is 18.2. The van der Waals surface area contributed by atoms with Crippen molar-refractivity contribution in [2.45, 2.75) is 19.5 Å². The molecule has 0 aliphatic carbocycles. The number of carbonyl (C=O) groups is 1. The van der Waals surface area contributed by atoms with Crippen LogP contribution in [0.5, 0.6) is 5.75 Å². The van der Waals surface area contributed by atoms with Gasteiger partial charge in [0.15, 0.2) is 0 Å². The molecule has 0 unspecified atom stereocenters. The molecule has 2 heterocycles. The lowest BCUT2D eigenvalue weighted by molar-refractivity contribution is -0.137. The number of H-pyrrole nitrogens is 1. The zero-order valence-electron chi connectivity index (χ0n) is 20.2. The van der Waals surface area contributed by atoms with Crippen LogP contribution in [0.3, 0.4) is 0 Å². The number of carbonyl (C=O) groups excluding carboxylic acids is 1. The Hall–Kier alpha value is -4.32. The van der Waals surface area contributed by atoms with E-state index in [0.29, 0.717) is 18.8 Å². The molecule has 4 aromatic rings. The first-order valence-corrected chi connectivity index (χ1v) is 11.6. The summed E-state index contributed by atoms with van der Waals surface area (Å²) in [5, 5.41) is 10.1. The molecule has 1 amide bonds. The lowest BCUT2D eigenvalue weighted by atomic mass is 9.99. The second-order valence-corrected chi connectivity index (χ2v) is 8.02. The van der Waals surface area contributed by atoms with E-state index in [2.05, 4.69) is 25.5 Å². The van der Waals surface area contributed by atoms with E-state index >= 15 is 0 Å². The molecule has 0 fully saturated rings. The van der Waals surface area contributed by atoms with Crippen LogP contribution >= 0.6 is 0 Å². The molecule has 0 saturated carbocycles. The van der Waals surface area contributed by atoms with Gasteiger partial charge in [-0.1, -0.05) is 18.2 Å². The molecule has 8 nitrogen and oxygen atoms in total. The van der Waals surface area contributed by atoms with E-state index < -0.39 is 23.5 Å². The summed E-state index contributed by atoms with van der Waals surface area (Å²) in [6.07, 6.45) is -3.26. The van der Waals surface area contributed by atoms with Crippen LogP contribution in [0.25, 0.3) is 11.1 Å². The Morgan fingerprint density at radius 3 is 2.63 bits per heavy atom. The predicted octanol–water partition coefficient (Wildman–Crippen LogP) is 5.28. The smallest absolute Gasteiger partial charge is 0.417 e. The molecule has 2 aromatic carbocycles. The van der Waals surface area contributed by atoms with E-state index in [4.69, 9.17) is 9.47 Å². The molecular formula is C26H23F4N5O3. The number of hydrogen-bond acceptors (Lipinski definition) is 6. The summed E-state index contributed by atoms with van der Waals surface area (Å²) in [4.78, 5) is 19.4. The number of rotatable bonds is 10. The van der Waals surface area contributed by atoms with Crippen molar-refractivity contribution >= 4 is 11.7 Å². The second-order valence-electron chi connectivity index (χ2n) is 8.02. The van der Waals surface area contributed by atoms with Gasteiger partial charge in [0, 0.05) is 19.2 Å². The topological polar surface area (TPSA) is 102 Å². The van der Waals surface area contributed by atoms with Gasteiger partial charge in [-0.25, -0.2) is 9.37 Å². The van der Waals surface area contributed by atoms with Crippen molar-refractivity contribution in [3.63, 3.8) is 0 Å². The Bertz CT molecular complexity index is 1410. The van der Waals surface area contributed by atoms with Gasteiger partial charge in [-0.2, -0.15) is 13.2 Å². The average molecular weight is 529 g/mol. The number of halogens is 4. The van der Waals surface area contributed by atoms with E-state index in [1.54, 1.807) is 18.2 Å². The highest BCUT2D eigenvalue weighted by atomic mass is 19.4. The van der Waals surface area contributed by atoms with Crippen LogP contribution in [0, 0.1) is 5.82 Å². The van der Waals surface area contributed by atoms with Gasteiger partial charge < -0.3 is 19.8 Å². The van der Waals surface area contributed by atoms with Crippen LogP contribution in [0.2, 0.25) is 0 Å². The zero-order chi connectivity index (χ0) is 27.1. The number of nitrogens with one attached hydrogen (secondary N) is 2. The SMILES string of the molecule is CCOCCOc1ccc(C(F)(F)F)c(-c2ccnc(NC(=O)c3nnc(Cc4ccccc4F)[nH]3)c2)c1. The Kier molecular flexibility index (Phi) is 8.31. The van der Waals surface area contributed by atoms with E-state index in [0.717, 1.165) is 6.07 Å². The van der Waals surface area contributed by atoms with E-state index in [9.17, 15) is 22.4 Å². The van der Waals surface area contributed by atoms with Gasteiger partial charge in [0.05, 0.1) is 12.2 Å². The minimum Gasteiger partial charge on any atom is -0.491 e. The third-order valence-corrected chi connectivity index (χ3v) is 5.37. The van der Waals surface area contributed by atoms with E-state index in [1.807, 2.05) is 6.92 Å². The van der Waals surface area contributed by atoms with Crippen molar-refractivity contribution in [2.75, 3.05) is 25.1 Å². The third kappa shape index (κ3) is 6.71. The summed E-state index contributed by atoms with van der Waals surface area (Å²) in [6.45, 7) is 2.78. The minimum absolute atomic E-state index is 0.00431. The Balaban J connectivity index is 1.53. The highest BCUT2D eigenvalue weighted by Crippen LogP contribution is 2.39. The van der Waals surface area contributed by atoms with Crippen molar-refractivity contribution in [2.24, 2.45) is 0 Å². The standard InChI is InChI=1S/C26H23F4N5O3/c1-2-37-11-12-38-18-7-8-20(26(28,29)30)19(15-18)16-9-10-31-22(13-16)33-25(36)24-32-23(34-35-24)14-17-5-3-4-6-21(17)27/h3-10,13,15H,2,11-12,14H2,1H3,(H,31,33,36)(H,32,34,35). The average Bonchev–Trinajstić information content (AvgIpc) is 3.36. The molecule has 198 valence electrons. The molecule has 0 saturated heterocycles. The zero-order valence-corrected chi connectivity index (χ0v) is 20.2. The Labute approximate surface area is 215 Å². The highest BCUT2D eigenvalue weighted by Gasteiger charge is 2.34. The number of amides is 1. The van der Waals surface area contributed by atoms with Crippen molar-refractivity contribution < 1.29 is 31.8 Å². The number of alkyl halides is 3. The molecule has 0 aliphatic rings. The van der Waals surface area contributed by atoms with Crippen LogP contribution in [-0.2, 0) is 17.3 Å². The van der Waals surface area contributed by atoms with Crippen LogP contribution in [0.15, 0.2) is 60.8 Å². The minimum atomic E-state index is -4.62. The lowest BCUT2D eigenvalue weighted by Crippen LogP contribution is -2.15. The number of anilines is 1. The van der Waals surface area contributed by atoms with Gasteiger partial charge >= 0.3 is 6.18 Å². The predicted molar refractivity (Wildman–Crippen MR) is 130 cm³/mol. The normalized spacial score (nSPS) is 11.4. The maximum absolute atomic E-state index is 13.9. The Morgan fingerprint density at radius 2 is 1.87 bits per heavy atom. The molecular weight excluding hydrogens is 506 g/mol. The molecule has 0 spiro atoms. The van der Waals surface area contributed by atoms with Crippen molar-refractivity contribution in [3.8, 4) is 16.9 Å². The molecule has 0 radical (unpaired) electrons. The number of benzene rings is 2. The number of aromatic nitrogens is 4. The van der Waals surface area contributed by atoms with Crippen LogP contribution in [-0.4, -0.2) is 45.9 Å². The monoisotopic (exact) mass is 529 g/mol. The molecule has 0 aliphatic heterocycles. The molecule has 2 aromatic heterocycles. The first-order valence-electron chi connectivity index (χ1n) is 11.6. The van der Waals surface area contributed by atoms with Crippen LogP contribution in [0.4, 0.5) is 23.4 Å². The van der Waals surface area contributed by atoms with Gasteiger partial charge in [-0.15, -0.1) is 10.2 Å². The van der Waals surface area contributed by atoms with Crippen LogP contribution < -0.4 is 10.1 Å². The second kappa shape index (κ2) is 11.8. The summed E-state index contributed by atoms with van der Waals surface area (Å²) in [7, 11) is 0. The van der Waals surface area contributed by atoms with Gasteiger partial charge in [-0.3, -0.25) is 4.79 Å².